The molecule has 0 aliphatic heterocycles. The second kappa shape index (κ2) is 2.75. The van der Waals surface area contributed by atoms with E-state index >= 15 is 0 Å². The van der Waals surface area contributed by atoms with Crippen molar-refractivity contribution in [2.45, 2.75) is 6.30 Å². The standard InChI is InChI=1S/C7H7F2N/c8-6-3-1-5(2-4-6)7(9)10/h1-4,7H,10H2. The number of halogens is 2. The third kappa shape index (κ3) is 1.51. The van der Waals surface area contributed by atoms with Gasteiger partial charge in [0, 0.05) is 5.56 Å². The van der Waals surface area contributed by atoms with Crippen LogP contribution in [0.5, 0.6) is 0 Å². The summed E-state index contributed by atoms with van der Waals surface area (Å²) in [5.74, 6) is -0.385. The molecule has 0 bridgehead atoms. The number of benzene rings is 1. The average Bonchev–Trinajstić information content (AvgIpc) is 1.88. The molecule has 0 aliphatic carbocycles. The van der Waals surface area contributed by atoms with Crippen LogP contribution in [-0.4, -0.2) is 0 Å². The largest absolute Gasteiger partial charge is 0.298 e. The van der Waals surface area contributed by atoms with Crippen LogP contribution in [0.3, 0.4) is 0 Å². The molecule has 1 rings (SSSR count). The third-order valence-electron chi connectivity index (χ3n) is 1.19. The minimum absolute atomic E-state index is 0.293. The molecule has 0 fully saturated rings. The molecular formula is C7H7F2N. The maximum Gasteiger partial charge on any atom is 0.174 e. The van der Waals surface area contributed by atoms with E-state index < -0.39 is 6.30 Å². The summed E-state index contributed by atoms with van der Waals surface area (Å²) in [4.78, 5) is 0. The predicted molar refractivity (Wildman–Crippen MR) is 34.4 cm³/mol. The first-order valence-electron chi connectivity index (χ1n) is 2.85. The first kappa shape index (κ1) is 7.15. The van der Waals surface area contributed by atoms with E-state index in [0.29, 0.717) is 5.56 Å². The highest BCUT2D eigenvalue weighted by atomic mass is 19.1. The van der Waals surface area contributed by atoms with Crippen molar-refractivity contribution in [2.75, 3.05) is 0 Å². The molecule has 0 aliphatic rings. The second-order valence-corrected chi connectivity index (χ2v) is 1.95. The third-order valence-corrected chi connectivity index (χ3v) is 1.19. The number of hydrogen-bond acceptors (Lipinski definition) is 1. The van der Waals surface area contributed by atoms with Crippen molar-refractivity contribution in [3.8, 4) is 0 Å². The van der Waals surface area contributed by atoms with Crippen LogP contribution >= 0.6 is 0 Å². The monoisotopic (exact) mass is 143 g/mol. The fraction of sp³-hybridized carbons (Fsp3) is 0.143. The van der Waals surface area contributed by atoms with Gasteiger partial charge in [-0.2, -0.15) is 0 Å². The van der Waals surface area contributed by atoms with Crippen molar-refractivity contribution in [1.82, 2.24) is 0 Å². The first-order chi connectivity index (χ1) is 4.70. The van der Waals surface area contributed by atoms with E-state index in [1.165, 1.54) is 24.3 Å². The summed E-state index contributed by atoms with van der Waals surface area (Å²) in [7, 11) is 0. The molecule has 10 heavy (non-hydrogen) atoms. The lowest BCUT2D eigenvalue weighted by molar-refractivity contribution is 0.355. The van der Waals surface area contributed by atoms with Gasteiger partial charge in [-0.05, 0) is 12.1 Å². The van der Waals surface area contributed by atoms with Crippen molar-refractivity contribution in [3.63, 3.8) is 0 Å². The van der Waals surface area contributed by atoms with Gasteiger partial charge in [0.05, 0.1) is 0 Å². The SMILES string of the molecule is NC(F)c1ccc(F)cc1. The molecule has 0 aromatic heterocycles. The quantitative estimate of drug-likeness (QED) is 0.595. The van der Waals surface area contributed by atoms with Crippen LogP contribution in [0.15, 0.2) is 24.3 Å². The topological polar surface area (TPSA) is 26.0 Å². The molecular weight excluding hydrogens is 136 g/mol. The summed E-state index contributed by atoms with van der Waals surface area (Å²) in [6, 6.07) is 4.99. The smallest absolute Gasteiger partial charge is 0.174 e. The molecule has 54 valence electrons. The number of rotatable bonds is 1. The van der Waals surface area contributed by atoms with Crippen LogP contribution in [0.2, 0.25) is 0 Å². The molecule has 1 nitrogen and oxygen atoms in total. The maximum atomic E-state index is 12.2. The molecule has 1 unspecified atom stereocenters. The fourth-order valence-electron chi connectivity index (χ4n) is 0.647. The van der Waals surface area contributed by atoms with Gasteiger partial charge in [-0.3, -0.25) is 5.73 Å². The minimum Gasteiger partial charge on any atom is -0.298 e. The molecule has 0 heterocycles. The van der Waals surface area contributed by atoms with Crippen LogP contribution in [0.25, 0.3) is 0 Å². The van der Waals surface area contributed by atoms with Crippen molar-refractivity contribution in [3.05, 3.63) is 35.6 Å². The lowest BCUT2D eigenvalue weighted by Gasteiger charge is -1.99. The number of hydrogen-bond donors (Lipinski definition) is 1. The Bertz CT molecular complexity index is 205. The second-order valence-electron chi connectivity index (χ2n) is 1.95. The summed E-state index contributed by atoms with van der Waals surface area (Å²) in [6.45, 7) is 0. The summed E-state index contributed by atoms with van der Waals surface area (Å²) in [6.07, 6.45) is -1.51. The van der Waals surface area contributed by atoms with Crippen molar-refractivity contribution in [1.29, 1.82) is 0 Å². The van der Waals surface area contributed by atoms with Crippen LogP contribution in [-0.2, 0) is 0 Å². The van der Waals surface area contributed by atoms with Crippen LogP contribution in [0, 0.1) is 5.82 Å². The summed E-state index contributed by atoms with van der Waals surface area (Å²) in [5.41, 5.74) is 5.17. The van der Waals surface area contributed by atoms with Crippen LogP contribution in [0.1, 0.15) is 11.9 Å². The van der Waals surface area contributed by atoms with Crippen molar-refractivity contribution < 1.29 is 8.78 Å². The summed E-state index contributed by atoms with van der Waals surface area (Å²) < 4.78 is 24.4. The van der Waals surface area contributed by atoms with Crippen molar-refractivity contribution in [2.24, 2.45) is 5.73 Å². The Morgan fingerprint density at radius 2 is 1.70 bits per heavy atom. The van der Waals surface area contributed by atoms with E-state index in [0.717, 1.165) is 0 Å². The van der Waals surface area contributed by atoms with Gasteiger partial charge >= 0.3 is 0 Å². The lowest BCUT2D eigenvalue weighted by Crippen LogP contribution is -2.02. The van der Waals surface area contributed by atoms with Gasteiger partial charge in [0.25, 0.3) is 0 Å². The zero-order chi connectivity index (χ0) is 7.56. The van der Waals surface area contributed by atoms with Gasteiger partial charge < -0.3 is 0 Å². The molecule has 1 aromatic carbocycles. The highest BCUT2D eigenvalue weighted by Gasteiger charge is 2.00. The van der Waals surface area contributed by atoms with E-state index in [1.807, 2.05) is 0 Å². The fourth-order valence-corrected chi connectivity index (χ4v) is 0.647. The predicted octanol–water partition coefficient (Wildman–Crippen LogP) is 1.75. The Hall–Kier alpha value is -0.960. The molecule has 0 saturated heterocycles. The Morgan fingerprint density at radius 1 is 1.20 bits per heavy atom. The molecule has 0 spiro atoms. The molecule has 0 saturated carbocycles. The van der Waals surface area contributed by atoms with E-state index in [-0.39, 0.29) is 5.82 Å². The molecule has 3 heteroatoms. The van der Waals surface area contributed by atoms with Crippen LogP contribution in [0.4, 0.5) is 8.78 Å². The summed E-state index contributed by atoms with van der Waals surface area (Å²) in [5, 5.41) is 0. The van der Waals surface area contributed by atoms with Gasteiger partial charge in [-0.1, -0.05) is 12.1 Å². The normalized spacial score (nSPS) is 13.1. The number of nitrogens with two attached hydrogens (primary N) is 1. The lowest BCUT2D eigenvalue weighted by atomic mass is 10.2. The van der Waals surface area contributed by atoms with E-state index in [2.05, 4.69) is 0 Å². The highest BCUT2D eigenvalue weighted by molar-refractivity contribution is 5.17. The number of alkyl halides is 1. The van der Waals surface area contributed by atoms with Gasteiger partial charge in [0.2, 0.25) is 0 Å². The molecule has 0 amide bonds. The molecule has 2 N–H and O–H groups in total. The van der Waals surface area contributed by atoms with E-state index in [4.69, 9.17) is 5.73 Å². The molecule has 0 radical (unpaired) electrons. The maximum absolute atomic E-state index is 12.2. The Labute approximate surface area is 57.5 Å². The van der Waals surface area contributed by atoms with E-state index in [9.17, 15) is 8.78 Å². The summed E-state index contributed by atoms with van der Waals surface area (Å²) >= 11 is 0. The van der Waals surface area contributed by atoms with Crippen molar-refractivity contribution >= 4 is 0 Å². The Morgan fingerprint density at radius 3 is 2.10 bits per heavy atom. The average molecular weight is 143 g/mol. The molecule has 1 aromatic rings. The minimum atomic E-state index is -1.51. The first-order valence-corrected chi connectivity index (χ1v) is 2.85. The zero-order valence-corrected chi connectivity index (χ0v) is 5.22. The van der Waals surface area contributed by atoms with Gasteiger partial charge in [0.15, 0.2) is 6.30 Å². The van der Waals surface area contributed by atoms with Gasteiger partial charge in [-0.25, -0.2) is 8.78 Å². The molecule has 1 atom stereocenters. The van der Waals surface area contributed by atoms with Gasteiger partial charge in [0.1, 0.15) is 5.82 Å². The zero-order valence-electron chi connectivity index (χ0n) is 5.22. The highest BCUT2D eigenvalue weighted by Crippen LogP contribution is 2.10. The Kier molecular flexibility index (Phi) is 1.97. The Balaban J connectivity index is 2.89. The van der Waals surface area contributed by atoms with Gasteiger partial charge in [-0.15, -0.1) is 0 Å². The van der Waals surface area contributed by atoms with Crippen LogP contribution < -0.4 is 5.73 Å². The van der Waals surface area contributed by atoms with E-state index in [1.54, 1.807) is 0 Å².